The number of hydrogen-bond donors (Lipinski definition) is 0. The lowest BCUT2D eigenvalue weighted by molar-refractivity contribution is 1.28. The molecule has 0 N–H and O–H groups in total. The number of rotatable bonds is 6. The second-order valence-corrected chi connectivity index (χ2v) is 10.4. The first-order valence-electron chi connectivity index (χ1n) is 14.1. The predicted octanol–water partition coefficient (Wildman–Crippen LogP) is 10.3. The zero-order chi connectivity index (χ0) is 31.2. The van der Waals surface area contributed by atoms with Crippen LogP contribution in [0, 0.1) is 40.6 Å². The largest absolute Gasteiger partial charge is 0.311 e. The van der Waals surface area contributed by atoms with Gasteiger partial charge in [-0.05, 0) is 106 Å². The van der Waals surface area contributed by atoms with Crippen molar-refractivity contribution in [3.05, 3.63) is 168 Å². The van der Waals surface area contributed by atoms with Gasteiger partial charge in [-0.15, -0.1) is 0 Å². The van der Waals surface area contributed by atoms with Gasteiger partial charge in [-0.3, -0.25) is 0 Å². The third-order valence-corrected chi connectivity index (χ3v) is 7.53. The Kier molecular flexibility index (Phi) is 7.85. The van der Waals surface area contributed by atoms with Gasteiger partial charge < -0.3 is 4.90 Å². The smallest absolute Gasteiger partial charge is 0.187 e. The monoisotopic (exact) mass is 573 g/mol. The van der Waals surface area contributed by atoms with Gasteiger partial charge in [0.05, 0.1) is 41.5 Å². The summed E-state index contributed by atoms with van der Waals surface area (Å²) in [6, 6.07) is 51.3. The molecule has 208 valence electrons. The molecule has 6 aromatic carbocycles. The molecule has 0 radical (unpaired) electrons. The van der Waals surface area contributed by atoms with E-state index in [4.69, 9.17) is 6.57 Å². The van der Waals surface area contributed by atoms with Crippen molar-refractivity contribution < 1.29 is 0 Å². The minimum atomic E-state index is 0.442. The summed E-state index contributed by atoms with van der Waals surface area (Å²) in [5, 5.41) is 28.2. The summed E-state index contributed by atoms with van der Waals surface area (Å²) in [5.41, 5.74) is 10.6. The number of benzene rings is 6. The van der Waals surface area contributed by atoms with E-state index in [1.807, 2.05) is 72.8 Å². The van der Waals surface area contributed by atoms with E-state index in [0.717, 1.165) is 50.4 Å². The molecule has 0 saturated carbocycles. The predicted molar refractivity (Wildman–Crippen MR) is 178 cm³/mol. The molecule has 0 aliphatic heterocycles. The maximum absolute atomic E-state index is 9.44. The molecule has 0 saturated heterocycles. The van der Waals surface area contributed by atoms with Gasteiger partial charge in [0.2, 0.25) is 0 Å². The summed E-state index contributed by atoms with van der Waals surface area (Å²) in [6.45, 7) is 7.36. The van der Waals surface area contributed by atoms with E-state index in [-0.39, 0.29) is 0 Å². The van der Waals surface area contributed by atoms with Gasteiger partial charge in [0.15, 0.2) is 5.69 Å². The number of nitrogens with zero attached hydrogens (tertiary/aromatic N) is 5. The molecule has 6 aromatic rings. The van der Waals surface area contributed by atoms with Crippen molar-refractivity contribution in [1.82, 2.24) is 0 Å². The summed E-state index contributed by atoms with van der Waals surface area (Å²) in [7, 11) is 0. The van der Waals surface area contributed by atoms with Gasteiger partial charge in [0, 0.05) is 17.1 Å². The highest BCUT2D eigenvalue weighted by Crippen LogP contribution is 2.38. The molecular weight excluding hydrogens is 550 g/mol. The normalized spacial score (nSPS) is 10.1. The average Bonchev–Trinajstić information content (AvgIpc) is 3.12. The molecule has 0 fully saturated rings. The van der Waals surface area contributed by atoms with E-state index in [1.165, 1.54) is 0 Å². The maximum atomic E-state index is 9.44. The summed E-state index contributed by atoms with van der Waals surface area (Å²) < 4.78 is 0. The second kappa shape index (κ2) is 12.5. The summed E-state index contributed by atoms with van der Waals surface area (Å²) in [6.07, 6.45) is 0. The summed E-state index contributed by atoms with van der Waals surface area (Å²) in [5.74, 6) is 0. The Bertz CT molecular complexity index is 2050. The van der Waals surface area contributed by atoms with Gasteiger partial charge in [-0.1, -0.05) is 66.7 Å². The molecule has 45 heavy (non-hydrogen) atoms. The molecule has 0 atom stereocenters. The SMILES string of the molecule is [C-]#[N+]c1cccc(-c2ccc(N(c3ccc(-c4cccc(C#N)c4)cc3)c3ccc(-c4cc(C#N)cc(C#N)c4)cc3)cc2)c1. The average molecular weight is 574 g/mol. The van der Waals surface area contributed by atoms with E-state index >= 15 is 0 Å². The number of hydrogen-bond acceptors (Lipinski definition) is 4. The molecule has 0 heterocycles. The van der Waals surface area contributed by atoms with E-state index in [9.17, 15) is 15.8 Å². The van der Waals surface area contributed by atoms with Crippen LogP contribution in [0.4, 0.5) is 22.7 Å². The van der Waals surface area contributed by atoms with Crippen LogP contribution >= 0.6 is 0 Å². The zero-order valence-electron chi connectivity index (χ0n) is 24.0. The minimum Gasteiger partial charge on any atom is -0.311 e. The molecule has 6 rings (SSSR count). The van der Waals surface area contributed by atoms with Gasteiger partial charge in [0.1, 0.15) is 0 Å². The molecule has 0 aromatic heterocycles. The van der Waals surface area contributed by atoms with Gasteiger partial charge in [0.25, 0.3) is 0 Å². The maximum Gasteiger partial charge on any atom is 0.187 e. The fraction of sp³-hybridized carbons (Fsp3) is 0. The minimum absolute atomic E-state index is 0.442. The van der Waals surface area contributed by atoms with Crippen molar-refractivity contribution in [2.75, 3.05) is 4.90 Å². The first-order valence-corrected chi connectivity index (χ1v) is 14.1. The number of anilines is 3. The van der Waals surface area contributed by atoms with Gasteiger partial charge in [-0.2, -0.15) is 15.8 Å². The fourth-order valence-electron chi connectivity index (χ4n) is 5.30. The van der Waals surface area contributed by atoms with E-state index in [1.54, 1.807) is 30.3 Å². The Morgan fingerprint density at radius 1 is 0.422 bits per heavy atom. The Labute approximate surface area is 262 Å². The molecule has 0 unspecified atom stereocenters. The van der Waals surface area contributed by atoms with Crippen LogP contribution in [0.2, 0.25) is 0 Å². The van der Waals surface area contributed by atoms with Crippen LogP contribution in [0.3, 0.4) is 0 Å². The quantitative estimate of drug-likeness (QED) is 0.186. The van der Waals surface area contributed by atoms with E-state index in [2.05, 4.69) is 64.4 Å². The van der Waals surface area contributed by atoms with Crippen LogP contribution in [-0.4, -0.2) is 0 Å². The van der Waals surface area contributed by atoms with Crippen molar-refractivity contribution in [3.8, 4) is 51.6 Å². The molecular formula is C40H23N5. The number of nitriles is 3. The van der Waals surface area contributed by atoms with Crippen molar-refractivity contribution >= 4 is 22.7 Å². The molecule has 5 nitrogen and oxygen atoms in total. The fourth-order valence-corrected chi connectivity index (χ4v) is 5.30. The van der Waals surface area contributed by atoms with Crippen molar-refractivity contribution in [2.45, 2.75) is 0 Å². The Morgan fingerprint density at radius 3 is 1.31 bits per heavy atom. The Hall–Kier alpha value is -6.92. The van der Waals surface area contributed by atoms with Crippen LogP contribution < -0.4 is 4.90 Å². The van der Waals surface area contributed by atoms with Crippen LogP contribution in [0.25, 0.3) is 38.2 Å². The highest BCUT2D eigenvalue weighted by molar-refractivity contribution is 5.81. The van der Waals surface area contributed by atoms with Crippen molar-refractivity contribution in [2.24, 2.45) is 0 Å². The standard InChI is InChI=1S/C40H23N5/c1-44-37-7-3-6-35(24-37)32-10-16-39(17-11-32)45(38-14-8-31(9-15-38)34-5-2-4-28(21-34)25-41)40-18-12-33(13-19-40)36-22-29(26-42)20-30(23-36)27-43/h2-24H. The van der Waals surface area contributed by atoms with Crippen molar-refractivity contribution in [1.29, 1.82) is 15.8 Å². The topological polar surface area (TPSA) is 79.0 Å². The first kappa shape index (κ1) is 28.2. The van der Waals surface area contributed by atoms with Crippen LogP contribution in [0.5, 0.6) is 0 Å². The molecule has 0 bridgehead atoms. The molecule has 5 heteroatoms. The Balaban J connectivity index is 1.40. The zero-order valence-corrected chi connectivity index (χ0v) is 24.0. The van der Waals surface area contributed by atoms with Crippen molar-refractivity contribution in [3.63, 3.8) is 0 Å². The Morgan fingerprint density at radius 2 is 0.844 bits per heavy atom. The lowest BCUT2D eigenvalue weighted by atomic mass is 9.99. The first-order chi connectivity index (χ1) is 22.1. The van der Waals surface area contributed by atoms with Gasteiger partial charge in [-0.25, -0.2) is 4.85 Å². The van der Waals surface area contributed by atoms with E-state index in [0.29, 0.717) is 22.4 Å². The lowest BCUT2D eigenvalue weighted by Gasteiger charge is -2.26. The van der Waals surface area contributed by atoms with Crippen LogP contribution in [0.15, 0.2) is 140 Å². The highest BCUT2D eigenvalue weighted by Gasteiger charge is 2.14. The third kappa shape index (κ3) is 6.02. The van der Waals surface area contributed by atoms with E-state index < -0.39 is 0 Å². The molecule has 0 aliphatic rings. The van der Waals surface area contributed by atoms with Crippen LogP contribution in [-0.2, 0) is 0 Å². The van der Waals surface area contributed by atoms with Gasteiger partial charge >= 0.3 is 0 Å². The molecule has 0 spiro atoms. The lowest BCUT2D eigenvalue weighted by Crippen LogP contribution is -2.09. The molecule has 0 aliphatic carbocycles. The summed E-state index contributed by atoms with van der Waals surface area (Å²) in [4.78, 5) is 5.72. The summed E-state index contributed by atoms with van der Waals surface area (Å²) >= 11 is 0. The van der Waals surface area contributed by atoms with Crippen LogP contribution in [0.1, 0.15) is 16.7 Å². The highest BCUT2D eigenvalue weighted by atomic mass is 15.1. The third-order valence-electron chi connectivity index (χ3n) is 7.53. The molecule has 0 amide bonds. The second-order valence-electron chi connectivity index (χ2n) is 10.4.